The molecule has 0 fully saturated rings. The Kier molecular flexibility index (Phi) is 9.26. The van der Waals surface area contributed by atoms with Crippen LogP contribution in [-0.4, -0.2) is 0 Å². The van der Waals surface area contributed by atoms with Crippen LogP contribution in [0.3, 0.4) is 0 Å². The molecular weight excluding hydrogens is 735 g/mol. The maximum Gasteiger partial charge on any atom is 0.0462 e. The second-order valence-corrected chi connectivity index (χ2v) is 15.7. The monoisotopic (exact) mass is 775 g/mol. The third kappa shape index (κ3) is 6.83. The predicted molar refractivity (Wildman–Crippen MR) is 261 cm³/mol. The molecule has 0 N–H and O–H groups in total. The Morgan fingerprint density at radius 3 is 1.11 bits per heavy atom. The van der Waals surface area contributed by atoms with Crippen LogP contribution in [0.5, 0.6) is 0 Å². The van der Waals surface area contributed by atoms with E-state index in [4.69, 9.17) is 0 Å². The zero-order valence-electron chi connectivity index (χ0n) is 33.6. The average Bonchev–Trinajstić information content (AvgIpc) is 3.35. The number of nitrogens with zero attached hydrogens (tertiary/aromatic N) is 1. The summed E-state index contributed by atoms with van der Waals surface area (Å²) in [5.74, 6) is 0. The number of fused-ring (bicyclic) bond motifs is 4. The van der Waals surface area contributed by atoms with Gasteiger partial charge in [-0.3, -0.25) is 0 Å². The molecule has 0 spiro atoms. The van der Waals surface area contributed by atoms with Crippen molar-refractivity contribution in [3.05, 3.63) is 249 Å². The molecule has 0 radical (unpaired) electrons. The van der Waals surface area contributed by atoms with Crippen molar-refractivity contribution in [3.63, 3.8) is 0 Å². The molecule has 0 aliphatic heterocycles. The smallest absolute Gasteiger partial charge is 0.0462 e. The number of rotatable bonds is 8. The second-order valence-electron chi connectivity index (χ2n) is 15.7. The van der Waals surface area contributed by atoms with Gasteiger partial charge < -0.3 is 4.90 Å². The summed E-state index contributed by atoms with van der Waals surface area (Å²) in [6, 6.07) is 90.4. The Hall–Kier alpha value is -8.00. The average molecular weight is 776 g/mol. The van der Waals surface area contributed by atoms with E-state index in [0.29, 0.717) is 0 Å². The highest BCUT2D eigenvalue weighted by Crippen LogP contribution is 2.45. The van der Waals surface area contributed by atoms with E-state index < -0.39 is 0 Å². The van der Waals surface area contributed by atoms with E-state index in [9.17, 15) is 0 Å². The van der Waals surface area contributed by atoms with Crippen molar-refractivity contribution in [2.45, 2.75) is 0 Å². The molecule has 11 rings (SSSR count). The molecule has 0 bridgehead atoms. The van der Waals surface area contributed by atoms with Crippen LogP contribution in [0.15, 0.2) is 249 Å². The van der Waals surface area contributed by atoms with E-state index in [-0.39, 0.29) is 0 Å². The Morgan fingerprint density at radius 1 is 0.213 bits per heavy atom. The zero-order valence-corrected chi connectivity index (χ0v) is 33.6. The summed E-state index contributed by atoms with van der Waals surface area (Å²) in [6.45, 7) is 0. The fourth-order valence-corrected chi connectivity index (χ4v) is 9.02. The van der Waals surface area contributed by atoms with Gasteiger partial charge >= 0.3 is 0 Å². The van der Waals surface area contributed by atoms with Gasteiger partial charge in [0.15, 0.2) is 0 Å². The van der Waals surface area contributed by atoms with Gasteiger partial charge in [0.2, 0.25) is 0 Å². The lowest BCUT2D eigenvalue weighted by atomic mass is 9.86. The normalized spacial score (nSPS) is 11.3. The van der Waals surface area contributed by atoms with E-state index in [0.717, 1.165) is 17.1 Å². The Labute approximate surface area is 357 Å². The van der Waals surface area contributed by atoms with Crippen molar-refractivity contribution < 1.29 is 0 Å². The highest BCUT2D eigenvalue weighted by atomic mass is 15.1. The predicted octanol–water partition coefficient (Wildman–Crippen LogP) is 17.0. The highest BCUT2D eigenvalue weighted by Gasteiger charge is 2.18. The Morgan fingerprint density at radius 2 is 0.590 bits per heavy atom. The number of hydrogen-bond donors (Lipinski definition) is 0. The van der Waals surface area contributed by atoms with Crippen LogP contribution in [0.2, 0.25) is 0 Å². The summed E-state index contributed by atoms with van der Waals surface area (Å²) in [5.41, 5.74) is 15.4. The summed E-state index contributed by atoms with van der Waals surface area (Å²) in [4.78, 5) is 2.36. The van der Waals surface area contributed by atoms with E-state index in [1.54, 1.807) is 0 Å². The molecule has 61 heavy (non-hydrogen) atoms. The van der Waals surface area contributed by atoms with E-state index >= 15 is 0 Å². The van der Waals surface area contributed by atoms with Crippen LogP contribution in [0, 0.1) is 0 Å². The first-order valence-electron chi connectivity index (χ1n) is 21.0. The van der Waals surface area contributed by atoms with Crippen LogP contribution < -0.4 is 4.90 Å². The van der Waals surface area contributed by atoms with Crippen LogP contribution in [0.4, 0.5) is 17.1 Å². The summed E-state index contributed by atoms with van der Waals surface area (Å²) in [5, 5.41) is 7.54. The third-order valence-electron chi connectivity index (χ3n) is 12.1. The molecule has 0 saturated heterocycles. The minimum Gasteiger partial charge on any atom is -0.311 e. The van der Waals surface area contributed by atoms with E-state index in [2.05, 4.69) is 254 Å². The van der Waals surface area contributed by atoms with Gasteiger partial charge in [0, 0.05) is 17.1 Å². The molecular formula is C60H41N. The van der Waals surface area contributed by atoms with Crippen LogP contribution in [0.1, 0.15) is 0 Å². The summed E-state index contributed by atoms with van der Waals surface area (Å²) in [6.07, 6.45) is 0. The van der Waals surface area contributed by atoms with Gasteiger partial charge in [-0.15, -0.1) is 0 Å². The largest absolute Gasteiger partial charge is 0.311 e. The van der Waals surface area contributed by atoms with Gasteiger partial charge in [-0.25, -0.2) is 0 Å². The lowest BCUT2D eigenvalue weighted by Crippen LogP contribution is -2.09. The van der Waals surface area contributed by atoms with Crippen molar-refractivity contribution in [1.82, 2.24) is 0 Å². The first kappa shape index (κ1) is 36.1. The highest BCUT2D eigenvalue weighted by molar-refractivity contribution is 6.18. The van der Waals surface area contributed by atoms with Gasteiger partial charge in [-0.05, 0) is 130 Å². The summed E-state index contributed by atoms with van der Waals surface area (Å²) in [7, 11) is 0. The third-order valence-corrected chi connectivity index (χ3v) is 12.1. The van der Waals surface area contributed by atoms with Crippen LogP contribution >= 0.6 is 0 Å². The van der Waals surface area contributed by atoms with Crippen LogP contribution in [0.25, 0.3) is 88.0 Å². The van der Waals surface area contributed by atoms with Gasteiger partial charge in [-0.2, -0.15) is 0 Å². The molecule has 11 aromatic carbocycles. The van der Waals surface area contributed by atoms with E-state index in [1.165, 1.54) is 88.0 Å². The van der Waals surface area contributed by atoms with Crippen molar-refractivity contribution in [2.24, 2.45) is 0 Å². The molecule has 0 aromatic heterocycles. The summed E-state index contributed by atoms with van der Waals surface area (Å²) < 4.78 is 0. The minimum absolute atomic E-state index is 1.09. The molecule has 1 nitrogen and oxygen atoms in total. The molecule has 0 aliphatic rings. The molecule has 0 heterocycles. The molecule has 0 unspecified atom stereocenters. The topological polar surface area (TPSA) is 3.24 Å². The zero-order chi connectivity index (χ0) is 40.5. The van der Waals surface area contributed by atoms with Gasteiger partial charge in [0.1, 0.15) is 0 Å². The van der Waals surface area contributed by atoms with Crippen molar-refractivity contribution in [2.75, 3.05) is 4.90 Å². The lowest BCUT2D eigenvalue weighted by molar-refractivity contribution is 1.28. The second kappa shape index (κ2) is 15.6. The molecule has 286 valence electrons. The van der Waals surface area contributed by atoms with Crippen molar-refractivity contribution >= 4 is 49.4 Å². The molecule has 11 aromatic rings. The number of hydrogen-bond acceptors (Lipinski definition) is 1. The fourth-order valence-electron chi connectivity index (χ4n) is 9.02. The standard InChI is InChI=1S/C60H41N/c1-3-13-42(14-4-1)44-23-25-45(26-24-44)47-29-36-52(37-30-47)61(51-34-27-46(28-35-51)43-15-5-2-6-16-43)53-38-31-49(32-39-53)56-40-33-48-17-7-10-20-55(48)60(56)59-41-50-18-8-9-19-54(50)57-21-11-12-22-58(57)59/h1-41H. The fraction of sp³-hybridized carbons (Fsp3) is 0. The van der Waals surface area contributed by atoms with Crippen molar-refractivity contribution in [1.29, 1.82) is 0 Å². The number of anilines is 3. The van der Waals surface area contributed by atoms with Gasteiger partial charge in [-0.1, -0.05) is 206 Å². The van der Waals surface area contributed by atoms with Gasteiger partial charge in [0.25, 0.3) is 0 Å². The maximum absolute atomic E-state index is 2.39. The number of benzene rings is 11. The lowest BCUT2D eigenvalue weighted by Gasteiger charge is -2.26. The van der Waals surface area contributed by atoms with Gasteiger partial charge in [0.05, 0.1) is 0 Å². The molecule has 0 aliphatic carbocycles. The molecule has 1 heteroatoms. The van der Waals surface area contributed by atoms with Crippen LogP contribution in [-0.2, 0) is 0 Å². The quantitative estimate of drug-likeness (QED) is 0.139. The molecule has 0 amide bonds. The molecule has 0 saturated carbocycles. The minimum atomic E-state index is 1.09. The maximum atomic E-state index is 2.39. The first-order chi connectivity index (χ1) is 30.2. The SMILES string of the molecule is c1ccc(-c2ccc(-c3ccc(N(c4ccc(-c5ccccc5)cc4)c4ccc(-c5ccc6ccccc6c5-c5cc6ccccc6c6ccccc56)cc4)cc3)cc2)cc1. The Bertz CT molecular complexity index is 3300. The Balaban J connectivity index is 1.01. The van der Waals surface area contributed by atoms with E-state index in [1.807, 2.05) is 0 Å². The molecule has 0 atom stereocenters. The van der Waals surface area contributed by atoms with Crippen molar-refractivity contribution in [3.8, 4) is 55.6 Å². The first-order valence-corrected chi connectivity index (χ1v) is 21.0. The summed E-state index contributed by atoms with van der Waals surface area (Å²) >= 11 is 0.